The van der Waals surface area contributed by atoms with E-state index in [1.165, 1.54) is 12.1 Å². The molecule has 2 amide bonds. The van der Waals surface area contributed by atoms with E-state index in [4.69, 9.17) is 23.2 Å². The lowest BCUT2D eigenvalue weighted by Gasteiger charge is -2.12. The Morgan fingerprint density at radius 3 is 2.15 bits per heavy atom. The fourth-order valence-corrected chi connectivity index (χ4v) is 4.28. The number of rotatable bonds is 6. The Bertz CT molecular complexity index is 864. The Morgan fingerprint density at radius 1 is 1.04 bits per heavy atom. The molecule has 0 spiro atoms. The van der Waals surface area contributed by atoms with E-state index in [1.807, 2.05) is 13.8 Å². The number of nitrogens with one attached hydrogen (secondary N) is 3. The number of anilines is 1. The molecule has 0 aliphatic heterocycles. The van der Waals surface area contributed by atoms with Crippen LogP contribution in [0.15, 0.2) is 47.4 Å². The van der Waals surface area contributed by atoms with Crippen LogP contribution >= 0.6 is 23.2 Å². The SMILES string of the molecule is CC(C)NC(=O)Nc1ccc(CNS(=O)(=O)c2c(Cl)cccc2Cl)cc1. The van der Waals surface area contributed by atoms with Gasteiger partial charge in [0.1, 0.15) is 4.90 Å². The molecule has 6 nitrogen and oxygen atoms in total. The Balaban J connectivity index is 2.02. The zero-order valence-corrected chi connectivity index (χ0v) is 16.5. The van der Waals surface area contributed by atoms with E-state index in [0.717, 1.165) is 0 Å². The standard InChI is InChI=1S/C17H19Cl2N3O3S/c1-11(2)21-17(23)22-13-8-6-12(7-9-13)10-20-26(24,25)16-14(18)4-3-5-15(16)19/h3-9,11,20H,10H2,1-2H3,(H2,21,22,23). The Kier molecular flexibility index (Phi) is 6.88. The second kappa shape index (κ2) is 8.73. The fourth-order valence-electron chi connectivity index (χ4n) is 2.13. The summed E-state index contributed by atoms with van der Waals surface area (Å²) in [5.74, 6) is 0. The number of carbonyl (C=O) groups excluding carboxylic acids is 1. The summed E-state index contributed by atoms with van der Waals surface area (Å²) in [6.07, 6.45) is 0. The zero-order chi connectivity index (χ0) is 19.3. The predicted molar refractivity (Wildman–Crippen MR) is 104 cm³/mol. The lowest BCUT2D eigenvalue weighted by molar-refractivity contribution is 0.250. The van der Waals surface area contributed by atoms with E-state index in [0.29, 0.717) is 11.3 Å². The Morgan fingerprint density at radius 2 is 1.62 bits per heavy atom. The summed E-state index contributed by atoms with van der Waals surface area (Å²) in [6.45, 7) is 3.78. The van der Waals surface area contributed by atoms with Crippen LogP contribution in [0.4, 0.5) is 10.5 Å². The van der Waals surface area contributed by atoms with Gasteiger partial charge in [0.05, 0.1) is 10.0 Å². The van der Waals surface area contributed by atoms with E-state index in [-0.39, 0.29) is 33.6 Å². The third kappa shape index (κ3) is 5.60. The second-order valence-corrected chi connectivity index (χ2v) is 8.34. The van der Waals surface area contributed by atoms with E-state index < -0.39 is 10.0 Å². The zero-order valence-electron chi connectivity index (χ0n) is 14.2. The maximum absolute atomic E-state index is 12.4. The van der Waals surface area contributed by atoms with Gasteiger partial charge in [-0.3, -0.25) is 0 Å². The first-order chi connectivity index (χ1) is 12.2. The molecule has 0 atom stereocenters. The van der Waals surface area contributed by atoms with Gasteiger partial charge < -0.3 is 10.6 Å². The van der Waals surface area contributed by atoms with Crippen molar-refractivity contribution in [1.29, 1.82) is 0 Å². The molecule has 0 saturated heterocycles. The summed E-state index contributed by atoms with van der Waals surface area (Å²) in [7, 11) is -3.86. The van der Waals surface area contributed by atoms with Crippen LogP contribution in [0.1, 0.15) is 19.4 Å². The number of halogens is 2. The first-order valence-electron chi connectivity index (χ1n) is 7.79. The molecule has 3 N–H and O–H groups in total. The van der Waals surface area contributed by atoms with Crippen molar-refractivity contribution in [3.05, 3.63) is 58.1 Å². The van der Waals surface area contributed by atoms with Crippen LogP contribution in [0.5, 0.6) is 0 Å². The normalized spacial score (nSPS) is 11.4. The van der Waals surface area contributed by atoms with Gasteiger partial charge in [-0.15, -0.1) is 0 Å². The van der Waals surface area contributed by atoms with Gasteiger partial charge in [0.2, 0.25) is 10.0 Å². The lowest BCUT2D eigenvalue weighted by atomic mass is 10.2. The topological polar surface area (TPSA) is 87.3 Å². The fraction of sp³-hybridized carbons (Fsp3) is 0.235. The monoisotopic (exact) mass is 415 g/mol. The van der Waals surface area contributed by atoms with Gasteiger partial charge in [0.25, 0.3) is 0 Å². The highest BCUT2D eigenvalue weighted by Crippen LogP contribution is 2.28. The van der Waals surface area contributed by atoms with E-state index in [9.17, 15) is 13.2 Å². The van der Waals surface area contributed by atoms with Crippen LogP contribution in [0.3, 0.4) is 0 Å². The number of urea groups is 1. The Hall–Kier alpha value is -1.80. The van der Waals surface area contributed by atoms with Gasteiger partial charge in [-0.2, -0.15) is 0 Å². The molecule has 0 aliphatic rings. The molecular weight excluding hydrogens is 397 g/mol. The quantitative estimate of drug-likeness (QED) is 0.665. The van der Waals surface area contributed by atoms with E-state index in [1.54, 1.807) is 30.3 Å². The van der Waals surface area contributed by atoms with Crippen molar-refractivity contribution in [2.24, 2.45) is 0 Å². The van der Waals surface area contributed by atoms with Crippen LogP contribution < -0.4 is 15.4 Å². The van der Waals surface area contributed by atoms with Crippen molar-refractivity contribution in [3.8, 4) is 0 Å². The van der Waals surface area contributed by atoms with Crippen molar-refractivity contribution in [2.45, 2.75) is 31.3 Å². The minimum Gasteiger partial charge on any atom is -0.336 e. The lowest BCUT2D eigenvalue weighted by Crippen LogP contribution is -2.34. The summed E-state index contributed by atoms with van der Waals surface area (Å²) in [5.41, 5.74) is 1.32. The molecule has 0 aliphatic carbocycles. The number of amides is 2. The molecule has 26 heavy (non-hydrogen) atoms. The molecule has 0 unspecified atom stereocenters. The third-order valence-corrected chi connectivity index (χ3v) is 5.64. The number of benzene rings is 2. The molecule has 0 saturated carbocycles. The molecule has 9 heteroatoms. The first kappa shape index (κ1) is 20.5. The average Bonchev–Trinajstić information content (AvgIpc) is 2.53. The van der Waals surface area contributed by atoms with Crippen molar-refractivity contribution >= 4 is 44.9 Å². The molecular formula is C17H19Cl2N3O3S. The maximum atomic E-state index is 12.4. The molecule has 2 rings (SSSR count). The number of carbonyl (C=O) groups is 1. The molecule has 0 bridgehead atoms. The van der Waals surface area contributed by atoms with E-state index >= 15 is 0 Å². The molecule has 0 heterocycles. The van der Waals surface area contributed by atoms with Gasteiger partial charge >= 0.3 is 6.03 Å². The number of hydrogen-bond acceptors (Lipinski definition) is 3. The Labute approximate surface area is 162 Å². The van der Waals surface area contributed by atoms with Crippen molar-refractivity contribution in [2.75, 3.05) is 5.32 Å². The van der Waals surface area contributed by atoms with E-state index in [2.05, 4.69) is 15.4 Å². The molecule has 0 fully saturated rings. The van der Waals surface area contributed by atoms with Gasteiger partial charge in [-0.25, -0.2) is 17.9 Å². The summed E-state index contributed by atoms with van der Waals surface area (Å²) < 4.78 is 27.3. The van der Waals surface area contributed by atoms with Crippen molar-refractivity contribution in [3.63, 3.8) is 0 Å². The van der Waals surface area contributed by atoms with Crippen molar-refractivity contribution in [1.82, 2.24) is 10.0 Å². The summed E-state index contributed by atoms with van der Waals surface area (Å²) >= 11 is 11.9. The number of hydrogen-bond donors (Lipinski definition) is 3. The third-order valence-electron chi connectivity index (χ3n) is 3.29. The predicted octanol–water partition coefficient (Wildman–Crippen LogP) is 4.00. The first-order valence-corrected chi connectivity index (χ1v) is 10.0. The highest BCUT2D eigenvalue weighted by molar-refractivity contribution is 7.89. The van der Waals surface area contributed by atoms with Crippen LogP contribution in [-0.2, 0) is 16.6 Å². The summed E-state index contributed by atoms with van der Waals surface area (Å²) in [6, 6.07) is 11.0. The summed E-state index contributed by atoms with van der Waals surface area (Å²) in [5, 5.41) is 5.52. The van der Waals surface area contributed by atoms with Crippen LogP contribution in [0, 0.1) is 0 Å². The molecule has 0 radical (unpaired) electrons. The van der Waals surface area contributed by atoms with Gasteiger partial charge in [-0.1, -0.05) is 41.4 Å². The molecule has 2 aromatic carbocycles. The minimum absolute atomic E-state index is 0.0281. The van der Waals surface area contributed by atoms with Gasteiger partial charge in [-0.05, 0) is 43.7 Å². The average molecular weight is 416 g/mol. The van der Waals surface area contributed by atoms with Crippen LogP contribution in [0.2, 0.25) is 10.0 Å². The van der Waals surface area contributed by atoms with Crippen molar-refractivity contribution < 1.29 is 13.2 Å². The maximum Gasteiger partial charge on any atom is 0.319 e. The van der Waals surface area contributed by atoms with Crippen LogP contribution in [0.25, 0.3) is 0 Å². The highest BCUT2D eigenvalue weighted by Gasteiger charge is 2.21. The molecule has 2 aromatic rings. The molecule has 0 aromatic heterocycles. The van der Waals surface area contributed by atoms with Crippen LogP contribution in [-0.4, -0.2) is 20.5 Å². The largest absolute Gasteiger partial charge is 0.336 e. The summed E-state index contributed by atoms with van der Waals surface area (Å²) in [4.78, 5) is 11.5. The number of sulfonamides is 1. The second-order valence-electron chi connectivity index (χ2n) is 5.83. The van der Waals surface area contributed by atoms with Gasteiger partial charge in [0, 0.05) is 18.3 Å². The smallest absolute Gasteiger partial charge is 0.319 e. The van der Waals surface area contributed by atoms with Gasteiger partial charge in [0.15, 0.2) is 0 Å². The highest BCUT2D eigenvalue weighted by atomic mass is 35.5. The minimum atomic E-state index is -3.86. The molecule has 140 valence electrons.